The number of nitrogens with two attached hydrogens (primary N) is 1. The summed E-state index contributed by atoms with van der Waals surface area (Å²) >= 11 is 1.12. The third-order valence-corrected chi connectivity index (χ3v) is 3.33. The zero-order chi connectivity index (χ0) is 15.5. The van der Waals surface area contributed by atoms with Crippen LogP contribution >= 0.6 is 11.3 Å². The van der Waals surface area contributed by atoms with Crippen LogP contribution in [0.1, 0.15) is 37.4 Å². The topological polar surface area (TPSA) is 104 Å². The summed E-state index contributed by atoms with van der Waals surface area (Å²) in [5, 5.41) is 2.84. The lowest BCUT2D eigenvalue weighted by Gasteiger charge is -2.18. The van der Waals surface area contributed by atoms with Crippen LogP contribution in [0.5, 0.6) is 0 Å². The average Bonchev–Trinajstić information content (AvgIpc) is 2.65. The number of nitrogens with zero attached hydrogens (tertiary/aromatic N) is 1. The smallest absolute Gasteiger partial charge is 0.413 e. The Morgan fingerprint density at radius 3 is 2.50 bits per heavy atom. The first-order chi connectivity index (χ1) is 9.14. The predicted octanol–water partition coefficient (Wildman–Crippen LogP) is 1.97. The molecule has 1 atom stereocenters. The van der Waals surface area contributed by atoms with Gasteiger partial charge in [-0.25, -0.2) is 14.6 Å². The summed E-state index contributed by atoms with van der Waals surface area (Å²) in [7, 11) is 1.26. The molecule has 3 N–H and O–H groups in total. The van der Waals surface area contributed by atoms with E-state index < -0.39 is 23.7 Å². The average molecular weight is 301 g/mol. The second-order valence-electron chi connectivity index (χ2n) is 5.10. The number of anilines is 1. The van der Waals surface area contributed by atoms with E-state index in [9.17, 15) is 9.59 Å². The van der Waals surface area contributed by atoms with Crippen molar-refractivity contribution in [3.8, 4) is 0 Å². The van der Waals surface area contributed by atoms with Crippen LogP contribution in [0.15, 0.2) is 0 Å². The molecule has 1 rings (SSSR count). The number of amides is 1. The van der Waals surface area contributed by atoms with E-state index in [2.05, 4.69) is 15.0 Å². The summed E-state index contributed by atoms with van der Waals surface area (Å²) in [6, 6.07) is -0.910. The minimum atomic E-state index is -0.910. The SMILES string of the molecule is COC(=O)C(N)c1sc(NC(=O)OC(C)(C)C)nc1C. The van der Waals surface area contributed by atoms with Crippen LogP contribution in [0.3, 0.4) is 0 Å². The summed E-state index contributed by atoms with van der Waals surface area (Å²) in [5.74, 6) is -0.555. The Balaban J connectivity index is 2.80. The highest BCUT2D eigenvalue weighted by atomic mass is 32.1. The lowest BCUT2D eigenvalue weighted by molar-refractivity contribution is -0.142. The molecule has 0 fully saturated rings. The molecule has 0 aliphatic heterocycles. The van der Waals surface area contributed by atoms with Crippen molar-refractivity contribution in [2.45, 2.75) is 39.3 Å². The van der Waals surface area contributed by atoms with E-state index in [1.807, 2.05) is 0 Å². The van der Waals surface area contributed by atoms with Crippen LogP contribution in [0.25, 0.3) is 0 Å². The number of aromatic nitrogens is 1. The standard InChI is InChI=1S/C12H19N3O4S/c1-6-8(7(13)9(16)18-5)20-10(14-6)15-11(17)19-12(2,3)4/h7H,13H2,1-5H3,(H,14,15,17). The fraction of sp³-hybridized carbons (Fsp3) is 0.583. The van der Waals surface area contributed by atoms with Gasteiger partial charge in [-0.05, 0) is 27.7 Å². The molecule has 1 amide bonds. The minimum absolute atomic E-state index is 0.325. The van der Waals surface area contributed by atoms with Gasteiger partial charge in [-0.15, -0.1) is 0 Å². The van der Waals surface area contributed by atoms with E-state index in [1.54, 1.807) is 27.7 Å². The molecule has 1 aromatic heterocycles. The van der Waals surface area contributed by atoms with Gasteiger partial charge in [0, 0.05) is 0 Å². The molecular weight excluding hydrogens is 282 g/mol. The Bertz CT molecular complexity index is 507. The Morgan fingerprint density at radius 2 is 2.00 bits per heavy atom. The fourth-order valence-electron chi connectivity index (χ4n) is 1.38. The molecule has 7 nitrogen and oxygen atoms in total. The van der Waals surface area contributed by atoms with Crippen LogP contribution in [-0.4, -0.2) is 29.8 Å². The van der Waals surface area contributed by atoms with Crippen molar-refractivity contribution in [3.63, 3.8) is 0 Å². The maximum absolute atomic E-state index is 11.6. The molecule has 8 heteroatoms. The van der Waals surface area contributed by atoms with Gasteiger partial charge in [-0.1, -0.05) is 11.3 Å². The number of hydrogen-bond donors (Lipinski definition) is 2. The van der Waals surface area contributed by atoms with Crippen LogP contribution in [0.4, 0.5) is 9.93 Å². The van der Waals surface area contributed by atoms with E-state index in [0.717, 1.165) is 11.3 Å². The summed E-state index contributed by atoms with van der Waals surface area (Å²) in [4.78, 5) is 27.7. The second-order valence-corrected chi connectivity index (χ2v) is 6.13. The summed E-state index contributed by atoms with van der Waals surface area (Å²) < 4.78 is 9.69. The Labute approximate surface area is 121 Å². The van der Waals surface area contributed by atoms with E-state index >= 15 is 0 Å². The third kappa shape index (κ3) is 4.46. The van der Waals surface area contributed by atoms with Gasteiger partial charge in [0.05, 0.1) is 17.7 Å². The predicted molar refractivity (Wildman–Crippen MR) is 75.7 cm³/mol. The molecule has 112 valence electrons. The molecule has 1 unspecified atom stereocenters. The first kappa shape index (κ1) is 16.4. The molecule has 0 bridgehead atoms. The number of carbonyl (C=O) groups is 2. The van der Waals surface area contributed by atoms with Crippen molar-refractivity contribution >= 4 is 28.5 Å². The number of methoxy groups -OCH3 is 1. The molecule has 0 saturated heterocycles. The lowest BCUT2D eigenvalue weighted by atomic mass is 10.2. The maximum Gasteiger partial charge on any atom is 0.413 e. The van der Waals surface area contributed by atoms with Gasteiger partial charge in [-0.3, -0.25) is 5.32 Å². The van der Waals surface area contributed by atoms with Gasteiger partial charge in [0.2, 0.25) is 0 Å². The van der Waals surface area contributed by atoms with E-state index in [4.69, 9.17) is 10.5 Å². The highest BCUT2D eigenvalue weighted by molar-refractivity contribution is 7.16. The number of rotatable bonds is 3. The monoisotopic (exact) mass is 301 g/mol. The van der Waals surface area contributed by atoms with Gasteiger partial charge < -0.3 is 15.2 Å². The largest absolute Gasteiger partial charge is 0.468 e. The molecule has 0 aliphatic carbocycles. The number of thiazole rings is 1. The van der Waals surface area contributed by atoms with Crippen molar-refractivity contribution < 1.29 is 19.1 Å². The fourth-order valence-corrected chi connectivity index (χ4v) is 2.32. The molecule has 0 aromatic carbocycles. The molecule has 1 aromatic rings. The quantitative estimate of drug-likeness (QED) is 0.827. The number of ether oxygens (including phenoxy) is 2. The molecule has 20 heavy (non-hydrogen) atoms. The van der Waals surface area contributed by atoms with Crippen molar-refractivity contribution in [1.29, 1.82) is 0 Å². The van der Waals surface area contributed by atoms with Crippen LogP contribution < -0.4 is 11.1 Å². The highest BCUT2D eigenvalue weighted by Gasteiger charge is 2.23. The second kappa shape index (κ2) is 6.19. The highest BCUT2D eigenvalue weighted by Crippen LogP contribution is 2.28. The Hall–Kier alpha value is -1.67. The van der Waals surface area contributed by atoms with E-state index in [-0.39, 0.29) is 0 Å². The van der Waals surface area contributed by atoms with E-state index in [0.29, 0.717) is 15.7 Å². The molecule has 0 aliphatic rings. The third-order valence-electron chi connectivity index (χ3n) is 2.18. The van der Waals surface area contributed by atoms with Crippen LogP contribution in [0, 0.1) is 6.92 Å². The first-order valence-electron chi connectivity index (χ1n) is 5.95. The van der Waals surface area contributed by atoms with Crippen LogP contribution in [-0.2, 0) is 14.3 Å². The maximum atomic E-state index is 11.6. The number of hydrogen-bond acceptors (Lipinski definition) is 7. The van der Waals surface area contributed by atoms with Crippen molar-refractivity contribution in [2.24, 2.45) is 5.73 Å². The Morgan fingerprint density at radius 1 is 1.40 bits per heavy atom. The molecule has 1 heterocycles. The van der Waals surface area contributed by atoms with E-state index in [1.165, 1.54) is 7.11 Å². The summed E-state index contributed by atoms with van der Waals surface area (Å²) in [6.07, 6.45) is -0.607. The number of esters is 1. The van der Waals surface area contributed by atoms with Gasteiger partial charge in [0.25, 0.3) is 0 Å². The lowest BCUT2D eigenvalue weighted by Crippen LogP contribution is -2.27. The summed E-state index contributed by atoms with van der Waals surface area (Å²) in [5.41, 5.74) is 5.72. The number of nitrogens with one attached hydrogen (secondary N) is 1. The van der Waals surface area contributed by atoms with Gasteiger partial charge in [-0.2, -0.15) is 0 Å². The van der Waals surface area contributed by atoms with Gasteiger partial charge >= 0.3 is 12.1 Å². The van der Waals surface area contributed by atoms with Crippen LogP contribution in [0.2, 0.25) is 0 Å². The van der Waals surface area contributed by atoms with Crippen molar-refractivity contribution in [3.05, 3.63) is 10.6 Å². The Kier molecular flexibility index (Phi) is 5.07. The number of aryl methyl sites for hydroxylation is 1. The normalized spacial score (nSPS) is 12.7. The summed E-state index contributed by atoms with van der Waals surface area (Å²) in [6.45, 7) is 6.99. The molecule has 0 spiro atoms. The number of carbonyl (C=O) groups excluding carboxylic acids is 2. The molecule has 0 radical (unpaired) electrons. The van der Waals surface area contributed by atoms with Gasteiger partial charge in [0.1, 0.15) is 11.6 Å². The molecular formula is C12H19N3O4S. The van der Waals surface area contributed by atoms with Gasteiger partial charge in [0.15, 0.2) is 5.13 Å². The zero-order valence-electron chi connectivity index (χ0n) is 12.1. The van der Waals surface area contributed by atoms with Crippen molar-refractivity contribution in [1.82, 2.24) is 4.98 Å². The first-order valence-corrected chi connectivity index (χ1v) is 6.76. The molecule has 0 saturated carbocycles. The minimum Gasteiger partial charge on any atom is -0.468 e. The van der Waals surface area contributed by atoms with Crippen molar-refractivity contribution in [2.75, 3.05) is 12.4 Å². The zero-order valence-corrected chi connectivity index (χ0v) is 13.0.